The molecule has 19 heavy (non-hydrogen) atoms. The summed E-state index contributed by atoms with van der Waals surface area (Å²) in [5.41, 5.74) is 0.917. The first-order chi connectivity index (χ1) is 8.81. The first kappa shape index (κ1) is 16.3. The Morgan fingerprint density at radius 1 is 1.37 bits per heavy atom. The van der Waals surface area contributed by atoms with Crippen LogP contribution >= 0.6 is 15.9 Å². The summed E-state index contributed by atoms with van der Waals surface area (Å²) in [4.78, 5) is 2.07. The smallest absolute Gasteiger partial charge is 0.405 e. The van der Waals surface area contributed by atoms with Gasteiger partial charge in [-0.15, -0.1) is 13.2 Å². The number of hydrogen-bond acceptors (Lipinski definition) is 3. The van der Waals surface area contributed by atoms with Crippen LogP contribution in [0.15, 0.2) is 22.7 Å². The summed E-state index contributed by atoms with van der Waals surface area (Å²) in [6, 6.07) is 4.58. The van der Waals surface area contributed by atoms with Crippen molar-refractivity contribution < 1.29 is 17.9 Å². The van der Waals surface area contributed by atoms with Gasteiger partial charge in [-0.3, -0.25) is 0 Å². The van der Waals surface area contributed by atoms with Crippen molar-refractivity contribution in [2.24, 2.45) is 0 Å². The molecule has 0 aliphatic carbocycles. The van der Waals surface area contributed by atoms with Gasteiger partial charge in [-0.1, -0.05) is 6.07 Å². The van der Waals surface area contributed by atoms with Crippen LogP contribution in [0.5, 0.6) is 5.75 Å². The number of halogens is 4. The van der Waals surface area contributed by atoms with E-state index in [0.29, 0.717) is 11.0 Å². The molecule has 1 rings (SSSR count). The third-order valence-electron chi connectivity index (χ3n) is 2.42. The number of nitrogens with one attached hydrogen (secondary N) is 1. The third kappa shape index (κ3) is 6.26. The maximum absolute atomic E-state index is 12.1. The highest BCUT2D eigenvalue weighted by Crippen LogP contribution is 2.31. The van der Waals surface area contributed by atoms with Crippen molar-refractivity contribution in [2.45, 2.75) is 12.9 Å². The summed E-state index contributed by atoms with van der Waals surface area (Å²) in [5, 5.41) is 3.03. The number of alkyl halides is 3. The molecular formula is C12H16BrF3N2O. The quantitative estimate of drug-likeness (QED) is 0.861. The predicted octanol–water partition coefficient (Wildman–Crippen LogP) is 3.00. The lowest BCUT2D eigenvalue weighted by molar-refractivity contribution is -0.274. The number of likely N-dealkylation sites (N-methyl/N-ethyl adjacent to an activating group) is 2. The average Bonchev–Trinajstić information content (AvgIpc) is 2.28. The molecule has 0 aromatic heterocycles. The molecule has 0 spiro atoms. The van der Waals surface area contributed by atoms with Crippen molar-refractivity contribution in [3.05, 3.63) is 28.2 Å². The zero-order chi connectivity index (χ0) is 14.5. The van der Waals surface area contributed by atoms with Crippen molar-refractivity contribution >= 4 is 15.9 Å². The molecule has 0 heterocycles. The first-order valence-electron chi connectivity index (χ1n) is 5.69. The fourth-order valence-electron chi connectivity index (χ4n) is 1.54. The van der Waals surface area contributed by atoms with Gasteiger partial charge in [0.25, 0.3) is 0 Å². The number of hydrogen-bond donors (Lipinski definition) is 1. The maximum atomic E-state index is 12.1. The molecule has 0 fully saturated rings. The van der Waals surface area contributed by atoms with Gasteiger partial charge in [-0.25, -0.2) is 0 Å². The average molecular weight is 341 g/mol. The van der Waals surface area contributed by atoms with E-state index in [4.69, 9.17) is 0 Å². The number of ether oxygens (including phenoxy) is 1. The highest BCUT2D eigenvalue weighted by Gasteiger charge is 2.31. The molecule has 3 nitrogen and oxygen atoms in total. The van der Waals surface area contributed by atoms with Gasteiger partial charge < -0.3 is 15.0 Å². The molecule has 0 radical (unpaired) electrons. The Kier molecular flexibility index (Phi) is 6.09. The van der Waals surface area contributed by atoms with Gasteiger partial charge in [-0.2, -0.15) is 0 Å². The van der Waals surface area contributed by atoms with E-state index in [1.54, 1.807) is 12.1 Å². The van der Waals surface area contributed by atoms with E-state index in [1.807, 2.05) is 14.1 Å². The van der Waals surface area contributed by atoms with Crippen LogP contribution in [-0.4, -0.2) is 38.4 Å². The lowest BCUT2D eigenvalue weighted by Gasteiger charge is -2.17. The molecule has 0 aliphatic rings. The van der Waals surface area contributed by atoms with Gasteiger partial charge in [0.15, 0.2) is 0 Å². The van der Waals surface area contributed by atoms with Crippen LogP contribution in [0.2, 0.25) is 0 Å². The number of rotatable bonds is 6. The second-order valence-corrected chi connectivity index (χ2v) is 5.01. The molecule has 108 valence electrons. The maximum Gasteiger partial charge on any atom is 0.573 e. The van der Waals surface area contributed by atoms with Gasteiger partial charge in [0.2, 0.25) is 0 Å². The van der Waals surface area contributed by atoms with Gasteiger partial charge >= 0.3 is 6.36 Å². The van der Waals surface area contributed by atoms with Gasteiger partial charge in [0, 0.05) is 19.6 Å². The van der Waals surface area contributed by atoms with E-state index in [1.165, 1.54) is 6.07 Å². The Balaban J connectivity index is 2.66. The second kappa shape index (κ2) is 7.12. The van der Waals surface area contributed by atoms with Gasteiger partial charge in [0.05, 0.1) is 4.47 Å². The van der Waals surface area contributed by atoms with Crippen LogP contribution in [0.1, 0.15) is 5.56 Å². The lowest BCUT2D eigenvalue weighted by Crippen LogP contribution is -2.26. The van der Waals surface area contributed by atoms with E-state index in [-0.39, 0.29) is 5.75 Å². The van der Waals surface area contributed by atoms with Gasteiger partial charge in [-0.05, 0) is 47.7 Å². The minimum Gasteiger partial charge on any atom is -0.405 e. The van der Waals surface area contributed by atoms with Crippen LogP contribution in [0.25, 0.3) is 0 Å². The molecule has 0 atom stereocenters. The van der Waals surface area contributed by atoms with Crippen molar-refractivity contribution in [1.82, 2.24) is 10.2 Å². The van der Waals surface area contributed by atoms with Crippen molar-refractivity contribution in [2.75, 3.05) is 27.2 Å². The summed E-state index contributed by atoms with van der Waals surface area (Å²) in [6.07, 6.45) is -4.67. The SMILES string of the molecule is CNCCN(C)Cc1ccc(OC(F)(F)F)c(Br)c1. The minimum atomic E-state index is -4.67. The summed E-state index contributed by atoms with van der Waals surface area (Å²) in [5.74, 6) is -0.228. The Morgan fingerprint density at radius 3 is 2.58 bits per heavy atom. The van der Waals surface area contributed by atoms with E-state index in [0.717, 1.165) is 18.7 Å². The fourth-order valence-corrected chi connectivity index (χ4v) is 2.05. The molecule has 0 aliphatic heterocycles. The molecule has 0 bridgehead atoms. The Labute approximate surface area is 118 Å². The summed E-state index contributed by atoms with van der Waals surface area (Å²) >= 11 is 3.09. The monoisotopic (exact) mass is 340 g/mol. The predicted molar refractivity (Wildman–Crippen MR) is 71.1 cm³/mol. The molecule has 1 aromatic carbocycles. The summed E-state index contributed by atoms with van der Waals surface area (Å²) in [7, 11) is 3.82. The Morgan fingerprint density at radius 2 is 2.05 bits per heavy atom. The van der Waals surface area contributed by atoms with Gasteiger partial charge in [0.1, 0.15) is 5.75 Å². The molecule has 1 N–H and O–H groups in total. The Bertz CT molecular complexity index is 412. The normalized spacial score (nSPS) is 11.9. The zero-order valence-electron chi connectivity index (χ0n) is 10.7. The van der Waals surface area contributed by atoms with E-state index < -0.39 is 6.36 Å². The van der Waals surface area contributed by atoms with Crippen LogP contribution in [-0.2, 0) is 6.54 Å². The third-order valence-corrected chi connectivity index (χ3v) is 3.04. The summed E-state index contributed by atoms with van der Waals surface area (Å²) in [6.45, 7) is 2.37. The van der Waals surface area contributed by atoms with Crippen LogP contribution < -0.4 is 10.1 Å². The molecule has 0 saturated heterocycles. The molecule has 0 saturated carbocycles. The minimum absolute atomic E-state index is 0.228. The fraction of sp³-hybridized carbons (Fsp3) is 0.500. The largest absolute Gasteiger partial charge is 0.573 e. The van der Waals surface area contributed by atoms with Crippen LogP contribution in [0.3, 0.4) is 0 Å². The molecule has 7 heteroatoms. The highest BCUT2D eigenvalue weighted by molar-refractivity contribution is 9.10. The highest BCUT2D eigenvalue weighted by atomic mass is 79.9. The van der Waals surface area contributed by atoms with E-state index in [2.05, 4.69) is 30.9 Å². The topological polar surface area (TPSA) is 24.5 Å². The van der Waals surface area contributed by atoms with Crippen molar-refractivity contribution in [1.29, 1.82) is 0 Å². The molecule has 1 aromatic rings. The molecule has 0 amide bonds. The zero-order valence-corrected chi connectivity index (χ0v) is 12.3. The first-order valence-corrected chi connectivity index (χ1v) is 6.48. The van der Waals surface area contributed by atoms with Crippen molar-refractivity contribution in [3.8, 4) is 5.75 Å². The van der Waals surface area contributed by atoms with Crippen LogP contribution in [0.4, 0.5) is 13.2 Å². The van der Waals surface area contributed by atoms with E-state index >= 15 is 0 Å². The standard InChI is InChI=1S/C12H16BrF3N2O/c1-17-5-6-18(2)8-9-3-4-11(10(13)7-9)19-12(14,15)16/h3-4,7,17H,5-6,8H2,1-2H3. The molecular weight excluding hydrogens is 325 g/mol. The van der Waals surface area contributed by atoms with Crippen LogP contribution in [0, 0.1) is 0 Å². The van der Waals surface area contributed by atoms with E-state index in [9.17, 15) is 13.2 Å². The second-order valence-electron chi connectivity index (χ2n) is 4.15. The Hall–Kier alpha value is -0.790. The lowest BCUT2D eigenvalue weighted by atomic mass is 10.2. The van der Waals surface area contributed by atoms with Crippen molar-refractivity contribution in [3.63, 3.8) is 0 Å². The summed E-state index contributed by atoms with van der Waals surface area (Å²) < 4.78 is 40.5. The molecule has 0 unspecified atom stereocenters. The number of nitrogens with zero attached hydrogens (tertiary/aromatic N) is 1. The number of benzene rings is 1.